The SMILES string of the molecule is C[C@@H](c1nnc(-c2cccc(N)c2)s1)C(C)(C)C. The Morgan fingerprint density at radius 3 is 2.56 bits per heavy atom. The van der Waals surface area contributed by atoms with E-state index < -0.39 is 0 Å². The number of nitrogens with zero attached hydrogens (tertiary/aromatic N) is 2. The lowest BCUT2D eigenvalue weighted by Crippen LogP contribution is -2.14. The fourth-order valence-corrected chi connectivity index (χ4v) is 2.70. The largest absolute Gasteiger partial charge is 0.399 e. The molecule has 0 amide bonds. The molecule has 1 aromatic carbocycles. The van der Waals surface area contributed by atoms with Gasteiger partial charge in [-0.1, -0.05) is 51.2 Å². The van der Waals surface area contributed by atoms with Gasteiger partial charge in [0.15, 0.2) is 0 Å². The molecule has 2 rings (SSSR count). The Hall–Kier alpha value is -1.42. The molecule has 2 aromatic rings. The van der Waals surface area contributed by atoms with Gasteiger partial charge in [0.1, 0.15) is 10.0 Å². The minimum absolute atomic E-state index is 0.201. The van der Waals surface area contributed by atoms with Crippen LogP contribution in [-0.2, 0) is 0 Å². The molecule has 96 valence electrons. The number of nitrogen functional groups attached to an aromatic ring is 1. The van der Waals surface area contributed by atoms with Crippen LogP contribution in [0.4, 0.5) is 5.69 Å². The van der Waals surface area contributed by atoms with Crippen molar-refractivity contribution in [2.45, 2.75) is 33.6 Å². The van der Waals surface area contributed by atoms with E-state index in [2.05, 4.69) is 37.9 Å². The van der Waals surface area contributed by atoms with E-state index in [1.54, 1.807) is 11.3 Å². The van der Waals surface area contributed by atoms with E-state index in [0.29, 0.717) is 5.92 Å². The third kappa shape index (κ3) is 2.70. The maximum atomic E-state index is 5.79. The first-order valence-electron chi connectivity index (χ1n) is 6.07. The van der Waals surface area contributed by atoms with E-state index in [0.717, 1.165) is 21.3 Å². The summed E-state index contributed by atoms with van der Waals surface area (Å²) in [6.07, 6.45) is 0. The van der Waals surface area contributed by atoms with E-state index in [4.69, 9.17) is 5.73 Å². The van der Waals surface area contributed by atoms with Gasteiger partial charge in [-0.25, -0.2) is 0 Å². The average molecular weight is 261 g/mol. The Morgan fingerprint density at radius 1 is 1.22 bits per heavy atom. The molecule has 0 aliphatic rings. The molecule has 0 aliphatic carbocycles. The minimum Gasteiger partial charge on any atom is -0.399 e. The maximum Gasteiger partial charge on any atom is 0.147 e. The van der Waals surface area contributed by atoms with Crippen molar-refractivity contribution >= 4 is 17.0 Å². The maximum absolute atomic E-state index is 5.79. The van der Waals surface area contributed by atoms with E-state index >= 15 is 0 Å². The van der Waals surface area contributed by atoms with E-state index in [-0.39, 0.29) is 5.41 Å². The number of anilines is 1. The molecule has 0 fully saturated rings. The normalized spacial score (nSPS) is 13.6. The van der Waals surface area contributed by atoms with Crippen LogP contribution in [0.3, 0.4) is 0 Å². The van der Waals surface area contributed by atoms with Gasteiger partial charge in [-0.15, -0.1) is 10.2 Å². The van der Waals surface area contributed by atoms with E-state index in [1.807, 2.05) is 24.3 Å². The lowest BCUT2D eigenvalue weighted by molar-refractivity contribution is 0.337. The molecule has 0 saturated carbocycles. The van der Waals surface area contributed by atoms with Crippen molar-refractivity contribution in [3.8, 4) is 10.6 Å². The molecule has 1 atom stereocenters. The van der Waals surface area contributed by atoms with Crippen molar-refractivity contribution < 1.29 is 0 Å². The third-order valence-electron chi connectivity index (χ3n) is 3.24. The standard InChI is InChI=1S/C14H19N3S/c1-9(14(2,3)4)12-16-17-13(18-12)10-6-5-7-11(15)8-10/h5-9H,15H2,1-4H3/t9-/m0/s1. The second-order valence-corrected chi connectivity index (χ2v) is 6.67. The second-order valence-electron chi connectivity index (χ2n) is 5.66. The summed E-state index contributed by atoms with van der Waals surface area (Å²) in [5.74, 6) is 0.393. The van der Waals surface area contributed by atoms with Gasteiger partial charge in [-0.3, -0.25) is 0 Å². The Bertz CT molecular complexity index is 540. The van der Waals surface area contributed by atoms with Gasteiger partial charge in [-0.05, 0) is 17.5 Å². The highest BCUT2D eigenvalue weighted by atomic mass is 32.1. The van der Waals surface area contributed by atoms with Crippen LogP contribution in [0.2, 0.25) is 0 Å². The zero-order valence-electron chi connectivity index (χ0n) is 11.3. The first-order chi connectivity index (χ1) is 8.38. The summed E-state index contributed by atoms with van der Waals surface area (Å²) in [5.41, 5.74) is 7.79. The van der Waals surface area contributed by atoms with Gasteiger partial charge in [0.25, 0.3) is 0 Å². The van der Waals surface area contributed by atoms with Crippen molar-refractivity contribution in [3.63, 3.8) is 0 Å². The molecule has 0 radical (unpaired) electrons. The smallest absolute Gasteiger partial charge is 0.147 e. The van der Waals surface area contributed by atoms with Gasteiger partial charge in [0, 0.05) is 17.2 Å². The highest BCUT2D eigenvalue weighted by molar-refractivity contribution is 7.14. The fraction of sp³-hybridized carbons (Fsp3) is 0.429. The number of rotatable bonds is 2. The summed E-state index contributed by atoms with van der Waals surface area (Å²) in [7, 11) is 0. The van der Waals surface area contributed by atoms with Crippen molar-refractivity contribution in [1.29, 1.82) is 0 Å². The van der Waals surface area contributed by atoms with Crippen LogP contribution in [0.25, 0.3) is 10.6 Å². The fourth-order valence-electron chi connectivity index (χ4n) is 1.57. The quantitative estimate of drug-likeness (QED) is 0.833. The highest BCUT2D eigenvalue weighted by Crippen LogP contribution is 2.37. The van der Waals surface area contributed by atoms with Crippen LogP contribution in [0.15, 0.2) is 24.3 Å². The van der Waals surface area contributed by atoms with Crippen LogP contribution in [-0.4, -0.2) is 10.2 Å². The van der Waals surface area contributed by atoms with Gasteiger partial charge < -0.3 is 5.73 Å². The second kappa shape index (κ2) is 4.69. The summed E-state index contributed by atoms with van der Waals surface area (Å²) < 4.78 is 0. The van der Waals surface area contributed by atoms with Crippen LogP contribution in [0.1, 0.15) is 38.6 Å². The van der Waals surface area contributed by atoms with Crippen molar-refractivity contribution in [2.24, 2.45) is 5.41 Å². The lowest BCUT2D eigenvalue weighted by Gasteiger charge is -2.24. The molecule has 3 nitrogen and oxygen atoms in total. The van der Waals surface area contributed by atoms with Gasteiger partial charge in [0.05, 0.1) is 0 Å². The number of nitrogens with two attached hydrogens (primary N) is 1. The summed E-state index contributed by atoms with van der Waals surface area (Å²) in [6, 6.07) is 7.77. The molecular formula is C14H19N3S. The minimum atomic E-state index is 0.201. The van der Waals surface area contributed by atoms with Crippen LogP contribution in [0, 0.1) is 5.41 Å². The van der Waals surface area contributed by atoms with Crippen LogP contribution >= 0.6 is 11.3 Å². The number of hydrogen-bond acceptors (Lipinski definition) is 4. The summed E-state index contributed by atoms with van der Waals surface area (Å²) >= 11 is 1.65. The van der Waals surface area contributed by atoms with Crippen LogP contribution in [0.5, 0.6) is 0 Å². The number of benzene rings is 1. The average Bonchev–Trinajstić information content (AvgIpc) is 2.75. The number of hydrogen-bond donors (Lipinski definition) is 1. The molecular weight excluding hydrogens is 242 g/mol. The Balaban J connectivity index is 2.31. The first-order valence-corrected chi connectivity index (χ1v) is 6.89. The number of aromatic nitrogens is 2. The van der Waals surface area contributed by atoms with Crippen LogP contribution < -0.4 is 5.73 Å². The van der Waals surface area contributed by atoms with Crippen molar-refractivity contribution in [1.82, 2.24) is 10.2 Å². The zero-order valence-corrected chi connectivity index (χ0v) is 12.1. The molecule has 1 aromatic heterocycles. The zero-order chi connectivity index (χ0) is 13.3. The predicted octanol–water partition coefficient (Wildman–Crippen LogP) is 3.94. The molecule has 4 heteroatoms. The van der Waals surface area contributed by atoms with Crippen molar-refractivity contribution in [3.05, 3.63) is 29.3 Å². The lowest BCUT2D eigenvalue weighted by atomic mass is 9.83. The molecule has 0 bridgehead atoms. The first kappa shape index (κ1) is 13.0. The Morgan fingerprint density at radius 2 is 1.94 bits per heavy atom. The van der Waals surface area contributed by atoms with E-state index in [1.165, 1.54) is 0 Å². The topological polar surface area (TPSA) is 51.8 Å². The van der Waals surface area contributed by atoms with E-state index in [9.17, 15) is 0 Å². The third-order valence-corrected chi connectivity index (χ3v) is 4.40. The molecule has 2 N–H and O–H groups in total. The molecule has 0 unspecified atom stereocenters. The summed E-state index contributed by atoms with van der Waals surface area (Å²) in [6.45, 7) is 8.86. The van der Waals surface area contributed by atoms with Gasteiger partial charge >= 0.3 is 0 Å². The monoisotopic (exact) mass is 261 g/mol. The van der Waals surface area contributed by atoms with Gasteiger partial charge in [0.2, 0.25) is 0 Å². The summed E-state index contributed by atoms with van der Waals surface area (Å²) in [4.78, 5) is 0. The highest BCUT2D eigenvalue weighted by Gasteiger charge is 2.25. The van der Waals surface area contributed by atoms with Crippen molar-refractivity contribution in [2.75, 3.05) is 5.73 Å². The molecule has 18 heavy (non-hydrogen) atoms. The predicted molar refractivity (Wildman–Crippen MR) is 77.6 cm³/mol. The molecule has 0 aliphatic heterocycles. The molecule has 0 saturated heterocycles. The molecule has 1 heterocycles. The summed E-state index contributed by atoms with van der Waals surface area (Å²) in [5, 5.41) is 10.6. The molecule has 0 spiro atoms. The van der Waals surface area contributed by atoms with Gasteiger partial charge in [-0.2, -0.15) is 0 Å². The Labute approximate surface area is 112 Å². The Kier molecular flexibility index (Phi) is 3.39.